The van der Waals surface area contributed by atoms with Gasteiger partial charge in [0.25, 0.3) is 5.89 Å². The summed E-state index contributed by atoms with van der Waals surface area (Å²) in [5, 5.41) is 3.96. The maximum absolute atomic E-state index is 13.7. The fourth-order valence-corrected chi connectivity index (χ4v) is 2.43. The van der Waals surface area contributed by atoms with E-state index in [1.807, 2.05) is 0 Å². The Balaban J connectivity index is 1.72. The zero-order valence-electron chi connectivity index (χ0n) is 14.5. The predicted molar refractivity (Wildman–Crippen MR) is 96.0 cm³/mol. The molecular formula is C18H15ClFN3O4. The van der Waals surface area contributed by atoms with Crippen molar-refractivity contribution < 1.29 is 23.2 Å². The number of halogens is 2. The van der Waals surface area contributed by atoms with Crippen molar-refractivity contribution in [1.82, 2.24) is 10.1 Å². The zero-order valence-corrected chi connectivity index (χ0v) is 15.2. The van der Waals surface area contributed by atoms with Gasteiger partial charge in [0.1, 0.15) is 17.1 Å². The summed E-state index contributed by atoms with van der Waals surface area (Å²) in [6, 6.07) is 7.36. The summed E-state index contributed by atoms with van der Waals surface area (Å²) < 4.78 is 29.0. The Hall–Kier alpha value is -3.13. The molecule has 0 saturated carbocycles. The van der Waals surface area contributed by atoms with E-state index in [4.69, 9.17) is 31.3 Å². The lowest BCUT2D eigenvalue weighted by Crippen LogP contribution is -2.08. The first-order valence-corrected chi connectivity index (χ1v) is 8.16. The summed E-state index contributed by atoms with van der Waals surface area (Å²) in [6.45, 7) is 1.38. The number of ether oxygens (including phenoxy) is 2. The van der Waals surface area contributed by atoms with Crippen molar-refractivity contribution in [3.05, 3.63) is 58.2 Å². The van der Waals surface area contributed by atoms with E-state index in [-0.39, 0.29) is 46.2 Å². The van der Waals surface area contributed by atoms with E-state index in [0.717, 1.165) is 0 Å². The van der Waals surface area contributed by atoms with Gasteiger partial charge in [0, 0.05) is 11.6 Å². The number of aryl methyl sites for hydroxylation is 1. The van der Waals surface area contributed by atoms with E-state index in [0.29, 0.717) is 11.1 Å². The molecule has 0 aliphatic heterocycles. The van der Waals surface area contributed by atoms with E-state index in [9.17, 15) is 9.18 Å². The van der Waals surface area contributed by atoms with Crippen molar-refractivity contribution in [2.45, 2.75) is 13.5 Å². The average molecular weight is 392 g/mol. The van der Waals surface area contributed by atoms with Crippen molar-refractivity contribution >= 4 is 23.3 Å². The van der Waals surface area contributed by atoms with Crippen LogP contribution in [-0.2, 0) is 11.3 Å². The van der Waals surface area contributed by atoms with Gasteiger partial charge in [-0.15, -0.1) is 0 Å². The third kappa shape index (κ3) is 4.01. The van der Waals surface area contributed by atoms with Gasteiger partial charge in [-0.05, 0) is 24.6 Å². The number of esters is 1. The lowest BCUT2D eigenvalue weighted by molar-refractivity contribution is 0.0426. The predicted octanol–water partition coefficient (Wildman–Crippen LogP) is 3.79. The van der Waals surface area contributed by atoms with Crippen LogP contribution in [0.1, 0.15) is 21.8 Å². The number of carbonyl (C=O) groups is 1. The Labute approximate surface area is 158 Å². The summed E-state index contributed by atoms with van der Waals surface area (Å²) in [6.07, 6.45) is 0. The van der Waals surface area contributed by atoms with Crippen molar-refractivity contribution in [1.29, 1.82) is 0 Å². The number of aromatic nitrogens is 2. The molecule has 2 aromatic carbocycles. The first kappa shape index (κ1) is 18.7. The molecule has 0 aliphatic carbocycles. The van der Waals surface area contributed by atoms with Crippen molar-refractivity contribution in [3.63, 3.8) is 0 Å². The highest BCUT2D eigenvalue weighted by molar-refractivity contribution is 6.33. The highest BCUT2D eigenvalue weighted by atomic mass is 35.5. The van der Waals surface area contributed by atoms with Crippen LogP contribution in [0.2, 0.25) is 5.02 Å². The van der Waals surface area contributed by atoms with E-state index < -0.39 is 5.97 Å². The van der Waals surface area contributed by atoms with Gasteiger partial charge in [-0.3, -0.25) is 0 Å². The van der Waals surface area contributed by atoms with Crippen LogP contribution in [0.3, 0.4) is 0 Å². The Morgan fingerprint density at radius 3 is 2.81 bits per heavy atom. The van der Waals surface area contributed by atoms with Gasteiger partial charge >= 0.3 is 5.97 Å². The number of hydrogen-bond donors (Lipinski definition) is 1. The van der Waals surface area contributed by atoms with Gasteiger partial charge in [0.15, 0.2) is 6.61 Å². The number of nitrogens with zero attached hydrogens (tertiary/aromatic N) is 2. The molecule has 3 rings (SSSR count). The molecule has 140 valence electrons. The quantitative estimate of drug-likeness (QED) is 0.521. The SMILES string of the molecule is COc1cc(N)c(Cl)cc1C(=O)OCc1nc(-c2ccc(C)c(F)c2)no1. The molecule has 27 heavy (non-hydrogen) atoms. The highest BCUT2D eigenvalue weighted by Gasteiger charge is 2.18. The summed E-state index contributed by atoms with van der Waals surface area (Å²) >= 11 is 5.94. The molecule has 7 nitrogen and oxygen atoms in total. The fraction of sp³-hybridized carbons (Fsp3) is 0.167. The first-order chi connectivity index (χ1) is 12.9. The van der Waals surface area contributed by atoms with Gasteiger partial charge in [0.2, 0.25) is 5.82 Å². The third-order valence-electron chi connectivity index (χ3n) is 3.76. The number of nitrogen functional groups attached to an aromatic ring is 1. The smallest absolute Gasteiger partial charge is 0.342 e. The molecule has 9 heteroatoms. The minimum Gasteiger partial charge on any atom is -0.496 e. The molecule has 2 N–H and O–H groups in total. The molecule has 0 amide bonds. The number of nitrogens with two attached hydrogens (primary N) is 1. The molecular weight excluding hydrogens is 377 g/mol. The maximum Gasteiger partial charge on any atom is 0.342 e. The Bertz CT molecular complexity index is 1010. The first-order valence-electron chi connectivity index (χ1n) is 7.78. The molecule has 1 aromatic heterocycles. The number of hydrogen-bond acceptors (Lipinski definition) is 7. The van der Waals surface area contributed by atoms with E-state index in [1.165, 1.54) is 25.3 Å². The Morgan fingerprint density at radius 1 is 1.33 bits per heavy atom. The molecule has 0 radical (unpaired) electrons. The Kier molecular flexibility index (Phi) is 5.27. The molecule has 0 atom stereocenters. The molecule has 0 bridgehead atoms. The summed E-state index contributed by atoms with van der Waals surface area (Å²) in [7, 11) is 1.39. The summed E-state index contributed by atoms with van der Waals surface area (Å²) in [5.41, 5.74) is 7.02. The summed E-state index contributed by atoms with van der Waals surface area (Å²) in [5.74, 6) is -0.608. The van der Waals surface area contributed by atoms with Gasteiger partial charge < -0.3 is 19.7 Å². The van der Waals surface area contributed by atoms with Crippen LogP contribution in [0.15, 0.2) is 34.9 Å². The van der Waals surface area contributed by atoms with Crippen molar-refractivity contribution in [2.24, 2.45) is 0 Å². The Morgan fingerprint density at radius 2 is 2.11 bits per heavy atom. The van der Waals surface area contributed by atoms with E-state index in [1.54, 1.807) is 19.1 Å². The van der Waals surface area contributed by atoms with E-state index >= 15 is 0 Å². The van der Waals surface area contributed by atoms with Crippen LogP contribution in [0.5, 0.6) is 5.75 Å². The number of anilines is 1. The minimum absolute atomic E-state index is 0.0554. The molecule has 1 heterocycles. The molecule has 0 spiro atoms. The number of benzene rings is 2. The molecule has 0 unspecified atom stereocenters. The zero-order chi connectivity index (χ0) is 19.6. The number of methoxy groups -OCH3 is 1. The minimum atomic E-state index is -0.699. The van der Waals surface area contributed by atoms with Gasteiger partial charge in [0.05, 0.1) is 17.8 Å². The highest BCUT2D eigenvalue weighted by Crippen LogP contribution is 2.29. The second-order valence-corrected chi connectivity index (χ2v) is 6.03. The topological polar surface area (TPSA) is 100 Å². The van der Waals surface area contributed by atoms with Gasteiger partial charge in [-0.2, -0.15) is 4.98 Å². The van der Waals surface area contributed by atoms with E-state index in [2.05, 4.69) is 10.1 Å². The van der Waals surface area contributed by atoms with Gasteiger partial charge in [-0.25, -0.2) is 9.18 Å². The van der Waals surface area contributed by atoms with Crippen LogP contribution in [-0.4, -0.2) is 23.2 Å². The van der Waals surface area contributed by atoms with Gasteiger partial charge in [-0.1, -0.05) is 28.9 Å². The largest absolute Gasteiger partial charge is 0.496 e. The van der Waals surface area contributed by atoms with Crippen molar-refractivity contribution in [2.75, 3.05) is 12.8 Å². The molecule has 0 aliphatic rings. The fourth-order valence-electron chi connectivity index (χ4n) is 2.27. The van der Waals surface area contributed by atoms with Crippen LogP contribution < -0.4 is 10.5 Å². The second-order valence-electron chi connectivity index (χ2n) is 5.63. The van der Waals surface area contributed by atoms with Crippen molar-refractivity contribution in [3.8, 4) is 17.1 Å². The molecule has 0 saturated heterocycles. The van der Waals surface area contributed by atoms with Crippen LogP contribution in [0.25, 0.3) is 11.4 Å². The van der Waals surface area contributed by atoms with Crippen LogP contribution in [0, 0.1) is 12.7 Å². The molecule has 3 aromatic rings. The lowest BCUT2D eigenvalue weighted by atomic mass is 10.1. The normalized spacial score (nSPS) is 10.7. The maximum atomic E-state index is 13.7. The second kappa shape index (κ2) is 7.63. The monoisotopic (exact) mass is 391 g/mol. The van der Waals surface area contributed by atoms with Crippen LogP contribution in [0.4, 0.5) is 10.1 Å². The van der Waals surface area contributed by atoms with Crippen LogP contribution >= 0.6 is 11.6 Å². The third-order valence-corrected chi connectivity index (χ3v) is 4.09. The lowest BCUT2D eigenvalue weighted by Gasteiger charge is -2.09. The number of rotatable bonds is 5. The summed E-state index contributed by atoms with van der Waals surface area (Å²) in [4.78, 5) is 16.4. The standard InChI is InChI=1S/C18H15ClFN3O4/c1-9-3-4-10(5-13(9)20)17-22-16(27-23-17)8-26-18(24)11-6-12(19)14(21)7-15(11)25-2/h3-7H,8,21H2,1-2H3. The molecule has 0 fully saturated rings. The number of carbonyl (C=O) groups excluding carboxylic acids is 1. The average Bonchev–Trinajstić information content (AvgIpc) is 3.12.